The van der Waals surface area contributed by atoms with E-state index >= 15 is 0 Å². The lowest BCUT2D eigenvalue weighted by Crippen LogP contribution is -2.38. The smallest absolute Gasteiger partial charge is 0.265 e. The third-order valence-electron chi connectivity index (χ3n) is 4.72. The van der Waals surface area contributed by atoms with Crippen LogP contribution in [0.15, 0.2) is 30.3 Å². The topological polar surface area (TPSA) is 45.2 Å². The Bertz CT molecular complexity index is 675. The zero-order chi connectivity index (χ0) is 16.9. The average molecular weight is 343 g/mol. The molecular weight excluding hydrogens is 318 g/mol. The number of carbonyl (C=O) groups is 1. The molecule has 0 spiro atoms. The van der Waals surface area contributed by atoms with Crippen molar-refractivity contribution in [1.29, 1.82) is 0 Å². The maximum Gasteiger partial charge on any atom is 0.265 e. The van der Waals surface area contributed by atoms with E-state index in [0.717, 1.165) is 59.5 Å². The van der Waals surface area contributed by atoms with Gasteiger partial charge in [-0.25, -0.2) is 4.98 Å². The number of likely N-dealkylation sites (tertiary alicyclic amines) is 1. The SMILES string of the molecule is CNCCC1CCN(C(=O)c2sc(-c3ccccc3)nc2C)CC1. The van der Waals surface area contributed by atoms with Gasteiger partial charge in [0.1, 0.15) is 9.88 Å². The van der Waals surface area contributed by atoms with E-state index in [1.54, 1.807) is 0 Å². The Labute approximate surface area is 147 Å². The van der Waals surface area contributed by atoms with Crippen LogP contribution >= 0.6 is 11.3 Å². The number of rotatable bonds is 5. The van der Waals surface area contributed by atoms with Crippen molar-refractivity contribution in [3.63, 3.8) is 0 Å². The summed E-state index contributed by atoms with van der Waals surface area (Å²) in [7, 11) is 2.00. The normalized spacial score (nSPS) is 15.7. The van der Waals surface area contributed by atoms with Gasteiger partial charge in [0, 0.05) is 18.7 Å². The van der Waals surface area contributed by atoms with Crippen molar-refractivity contribution in [2.24, 2.45) is 5.92 Å². The first kappa shape index (κ1) is 17.1. The molecule has 0 aliphatic carbocycles. The van der Waals surface area contributed by atoms with Gasteiger partial charge in [0.05, 0.1) is 5.69 Å². The molecule has 2 aromatic rings. The van der Waals surface area contributed by atoms with E-state index in [2.05, 4.69) is 10.3 Å². The van der Waals surface area contributed by atoms with E-state index in [0.29, 0.717) is 0 Å². The highest BCUT2D eigenvalue weighted by atomic mass is 32.1. The number of hydrogen-bond donors (Lipinski definition) is 1. The van der Waals surface area contributed by atoms with E-state index in [1.165, 1.54) is 17.8 Å². The molecule has 0 unspecified atom stereocenters. The number of thiazole rings is 1. The molecule has 1 N–H and O–H groups in total. The number of hydrogen-bond acceptors (Lipinski definition) is 4. The Morgan fingerprint density at radius 1 is 1.29 bits per heavy atom. The van der Waals surface area contributed by atoms with Crippen LogP contribution in [0.1, 0.15) is 34.6 Å². The summed E-state index contributed by atoms with van der Waals surface area (Å²) in [6.07, 6.45) is 3.42. The molecule has 2 heterocycles. The minimum absolute atomic E-state index is 0.152. The summed E-state index contributed by atoms with van der Waals surface area (Å²) < 4.78 is 0. The van der Waals surface area contributed by atoms with Gasteiger partial charge in [-0.1, -0.05) is 30.3 Å². The maximum atomic E-state index is 12.9. The minimum atomic E-state index is 0.152. The first-order valence-electron chi connectivity index (χ1n) is 8.65. The molecule has 5 heteroatoms. The van der Waals surface area contributed by atoms with Crippen molar-refractivity contribution in [3.05, 3.63) is 40.9 Å². The van der Waals surface area contributed by atoms with E-state index in [1.807, 2.05) is 49.2 Å². The minimum Gasteiger partial charge on any atom is -0.338 e. The lowest BCUT2D eigenvalue weighted by Gasteiger charge is -2.31. The van der Waals surface area contributed by atoms with Crippen LogP contribution in [0, 0.1) is 12.8 Å². The van der Waals surface area contributed by atoms with E-state index in [-0.39, 0.29) is 5.91 Å². The van der Waals surface area contributed by atoms with Crippen LogP contribution in [0.2, 0.25) is 0 Å². The van der Waals surface area contributed by atoms with Crippen LogP contribution in [0.3, 0.4) is 0 Å². The summed E-state index contributed by atoms with van der Waals surface area (Å²) >= 11 is 1.52. The highest BCUT2D eigenvalue weighted by Gasteiger charge is 2.26. The van der Waals surface area contributed by atoms with Crippen molar-refractivity contribution in [2.45, 2.75) is 26.2 Å². The first-order chi connectivity index (χ1) is 11.7. The molecule has 1 aromatic carbocycles. The Balaban J connectivity index is 1.67. The van der Waals surface area contributed by atoms with Crippen molar-refractivity contribution in [3.8, 4) is 10.6 Å². The Morgan fingerprint density at radius 2 is 2.00 bits per heavy atom. The molecule has 1 saturated heterocycles. The quantitative estimate of drug-likeness (QED) is 0.902. The van der Waals surface area contributed by atoms with E-state index < -0.39 is 0 Å². The first-order valence-corrected chi connectivity index (χ1v) is 9.47. The summed E-state index contributed by atoms with van der Waals surface area (Å²) in [6.45, 7) is 4.74. The molecule has 4 nitrogen and oxygen atoms in total. The van der Waals surface area contributed by atoms with Gasteiger partial charge in [-0.3, -0.25) is 4.79 Å². The van der Waals surface area contributed by atoms with Crippen molar-refractivity contribution < 1.29 is 4.79 Å². The number of piperidine rings is 1. The highest BCUT2D eigenvalue weighted by molar-refractivity contribution is 7.17. The molecule has 24 heavy (non-hydrogen) atoms. The fourth-order valence-corrected chi connectivity index (χ4v) is 4.26. The fraction of sp³-hybridized carbons (Fsp3) is 0.474. The van der Waals surface area contributed by atoms with Gasteiger partial charge in [0.15, 0.2) is 0 Å². The van der Waals surface area contributed by atoms with Gasteiger partial charge in [0.25, 0.3) is 5.91 Å². The van der Waals surface area contributed by atoms with Crippen LogP contribution < -0.4 is 5.32 Å². The summed E-state index contributed by atoms with van der Waals surface area (Å²) in [6, 6.07) is 10.1. The Kier molecular flexibility index (Phi) is 5.63. The molecule has 1 amide bonds. The van der Waals surface area contributed by atoms with Gasteiger partial charge in [-0.05, 0) is 45.7 Å². The molecule has 1 aliphatic heterocycles. The second-order valence-electron chi connectivity index (χ2n) is 6.43. The van der Waals surface area contributed by atoms with Gasteiger partial charge in [-0.2, -0.15) is 0 Å². The van der Waals surface area contributed by atoms with Gasteiger partial charge >= 0.3 is 0 Å². The molecule has 3 rings (SSSR count). The summed E-state index contributed by atoms with van der Waals surface area (Å²) in [5.74, 6) is 0.892. The molecular formula is C19H25N3OS. The van der Waals surface area contributed by atoms with E-state index in [4.69, 9.17) is 0 Å². The van der Waals surface area contributed by atoms with Crippen molar-refractivity contribution >= 4 is 17.2 Å². The molecule has 1 fully saturated rings. The summed E-state index contributed by atoms with van der Waals surface area (Å²) in [5.41, 5.74) is 1.93. The third-order valence-corrected chi connectivity index (χ3v) is 5.91. The molecule has 1 aromatic heterocycles. The van der Waals surface area contributed by atoms with E-state index in [9.17, 15) is 4.79 Å². The zero-order valence-corrected chi connectivity index (χ0v) is 15.2. The number of amides is 1. The number of aromatic nitrogens is 1. The van der Waals surface area contributed by atoms with Gasteiger partial charge in [-0.15, -0.1) is 11.3 Å². The van der Waals surface area contributed by atoms with Gasteiger partial charge in [0.2, 0.25) is 0 Å². The highest BCUT2D eigenvalue weighted by Crippen LogP contribution is 2.30. The lowest BCUT2D eigenvalue weighted by molar-refractivity contribution is 0.0691. The van der Waals surface area contributed by atoms with Crippen molar-refractivity contribution in [1.82, 2.24) is 15.2 Å². The van der Waals surface area contributed by atoms with Crippen molar-refractivity contribution in [2.75, 3.05) is 26.7 Å². The monoisotopic (exact) mass is 343 g/mol. The van der Waals surface area contributed by atoms with Crippen LogP contribution in [-0.2, 0) is 0 Å². The standard InChI is InChI=1S/C19H25N3OS/c1-14-17(24-18(21-14)16-6-4-3-5-7-16)19(23)22-12-9-15(10-13-22)8-11-20-2/h3-7,15,20H,8-13H2,1-2H3. The number of carbonyl (C=O) groups excluding carboxylic acids is 1. The molecule has 0 radical (unpaired) electrons. The van der Waals surface area contributed by atoms with Gasteiger partial charge < -0.3 is 10.2 Å². The Hall–Kier alpha value is -1.72. The van der Waals surface area contributed by atoms with Crippen LogP contribution in [0.5, 0.6) is 0 Å². The number of benzene rings is 1. The average Bonchev–Trinajstić information content (AvgIpc) is 3.02. The maximum absolute atomic E-state index is 12.9. The van der Waals surface area contributed by atoms with Crippen LogP contribution in [0.4, 0.5) is 0 Å². The lowest BCUT2D eigenvalue weighted by atomic mass is 9.93. The second kappa shape index (κ2) is 7.90. The van der Waals surface area contributed by atoms with Crippen LogP contribution in [-0.4, -0.2) is 42.5 Å². The predicted octanol–water partition coefficient (Wildman–Crippen LogP) is 3.58. The number of nitrogens with zero attached hydrogens (tertiary/aromatic N) is 2. The number of nitrogens with one attached hydrogen (secondary N) is 1. The predicted molar refractivity (Wildman–Crippen MR) is 99.5 cm³/mol. The molecule has 1 aliphatic rings. The summed E-state index contributed by atoms with van der Waals surface area (Å²) in [4.78, 5) is 20.3. The molecule has 128 valence electrons. The zero-order valence-electron chi connectivity index (χ0n) is 14.4. The largest absolute Gasteiger partial charge is 0.338 e. The third kappa shape index (κ3) is 3.84. The summed E-state index contributed by atoms with van der Waals surface area (Å²) in [5, 5.41) is 4.14. The second-order valence-corrected chi connectivity index (χ2v) is 7.43. The molecule has 0 saturated carbocycles. The fourth-order valence-electron chi connectivity index (χ4n) is 3.22. The molecule has 0 bridgehead atoms. The van der Waals surface area contributed by atoms with Crippen LogP contribution in [0.25, 0.3) is 10.6 Å². The number of aryl methyl sites for hydroxylation is 1. The Morgan fingerprint density at radius 3 is 2.67 bits per heavy atom. The molecule has 0 atom stereocenters.